The standard InChI is InChI=1S/C16H19ClFNO/c1-4-5-19-16(12-7-11(3)20-9-12)13-6-10(2)15(18)8-14(13)17/h6-9,16,19H,4-5H2,1-3H3. The van der Waals surface area contributed by atoms with Gasteiger partial charge in [-0.05, 0) is 56.1 Å². The largest absolute Gasteiger partial charge is 0.469 e. The average Bonchev–Trinajstić information content (AvgIpc) is 2.82. The number of nitrogens with one attached hydrogen (secondary N) is 1. The zero-order chi connectivity index (χ0) is 14.7. The fraction of sp³-hybridized carbons (Fsp3) is 0.375. The van der Waals surface area contributed by atoms with E-state index in [1.165, 1.54) is 6.07 Å². The van der Waals surface area contributed by atoms with Crippen LogP contribution in [0.4, 0.5) is 4.39 Å². The van der Waals surface area contributed by atoms with Gasteiger partial charge < -0.3 is 9.73 Å². The highest BCUT2D eigenvalue weighted by molar-refractivity contribution is 6.31. The Kier molecular flexibility index (Phi) is 4.84. The fourth-order valence-electron chi connectivity index (χ4n) is 2.21. The molecular weight excluding hydrogens is 277 g/mol. The number of furan rings is 1. The van der Waals surface area contributed by atoms with Gasteiger partial charge in [-0.3, -0.25) is 0 Å². The quantitative estimate of drug-likeness (QED) is 0.859. The molecule has 0 spiro atoms. The van der Waals surface area contributed by atoms with Crippen molar-refractivity contribution in [3.05, 3.63) is 57.8 Å². The minimum absolute atomic E-state index is 0.0841. The number of aryl methyl sites for hydroxylation is 2. The first kappa shape index (κ1) is 15.1. The zero-order valence-corrected chi connectivity index (χ0v) is 12.7. The summed E-state index contributed by atoms with van der Waals surface area (Å²) in [6.07, 6.45) is 2.73. The van der Waals surface area contributed by atoms with Crippen LogP contribution in [-0.4, -0.2) is 6.54 Å². The van der Waals surface area contributed by atoms with Gasteiger partial charge >= 0.3 is 0 Å². The van der Waals surface area contributed by atoms with E-state index in [0.717, 1.165) is 29.9 Å². The molecule has 0 aliphatic heterocycles. The van der Waals surface area contributed by atoms with Crippen LogP contribution in [0.1, 0.15) is 41.8 Å². The molecular formula is C16H19ClFNO. The van der Waals surface area contributed by atoms with Gasteiger partial charge in [-0.25, -0.2) is 4.39 Å². The molecule has 0 saturated carbocycles. The van der Waals surface area contributed by atoms with Gasteiger partial charge in [-0.1, -0.05) is 18.5 Å². The molecule has 1 aromatic heterocycles. The molecule has 20 heavy (non-hydrogen) atoms. The van der Waals surface area contributed by atoms with Crippen molar-refractivity contribution in [1.82, 2.24) is 5.32 Å². The van der Waals surface area contributed by atoms with Crippen LogP contribution in [0.2, 0.25) is 5.02 Å². The Morgan fingerprint density at radius 2 is 2.05 bits per heavy atom. The maximum atomic E-state index is 13.6. The molecule has 1 heterocycles. The molecule has 0 bridgehead atoms. The van der Waals surface area contributed by atoms with E-state index in [1.807, 2.05) is 13.0 Å². The summed E-state index contributed by atoms with van der Waals surface area (Å²) in [5.41, 5.74) is 2.47. The molecule has 2 nitrogen and oxygen atoms in total. The van der Waals surface area contributed by atoms with E-state index in [2.05, 4.69) is 12.2 Å². The Morgan fingerprint density at radius 1 is 1.30 bits per heavy atom. The Hall–Kier alpha value is -1.32. The summed E-state index contributed by atoms with van der Waals surface area (Å²) < 4.78 is 18.9. The third-order valence-corrected chi connectivity index (χ3v) is 3.60. The number of benzene rings is 1. The van der Waals surface area contributed by atoms with Gasteiger partial charge in [0, 0.05) is 10.6 Å². The second-order valence-electron chi connectivity index (χ2n) is 5.00. The summed E-state index contributed by atoms with van der Waals surface area (Å²) >= 11 is 6.22. The summed E-state index contributed by atoms with van der Waals surface area (Å²) in [7, 11) is 0. The lowest BCUT2D eigenvalue weighted by Crippen LogP contribution is -2.23. The molecule has 0 amide bonds. The van der Waals surface area contributed by atoms with Crippen LogP contribution < -0.4 is 5.32 Å². The van der Waals surface area contributed by atoms with E-state index >= 15 is 0 Å². The zero-order valence-electron chi connectivity index (χ0n) is 12.0. The lowest BCUT2D eigenvalue weighted by molar-refractivity contribution is 0.523. The van der Waals surface area contributed by atoms with Gasteiger partial charge in [-0.15, -0.1) is 0 Å². The predicted molar refractivity (Wildman–Crippen MR) is 79.7 cm³/mol. The molecule has 0 aliphatic rings. The molecule has 2 aromatic rings. The van der Waals surface area contributed by atoms with Crippen LogP contribution in [0.3, 0.4) is 0 Å². The van der Waals surface area contributed by atoms with Crippen LogP contribution in [0.5, 0.6) is 0 Å². The van der Waals surface area contributed by atoms with E-state index in [-0.39, 0.29) is 11.9 Å². The number of hydrogen-bond acceptors (Lipinski definition) is 2. The van der Waals surface area contributed by atoms with Crippen molar-refractivity contribution in [3.8, 4) is 0 Å². The van der Waals surface area contributed by atoms with Crippen LogP contribution in [0.15, 0.2) is 28.9 Å². The minimum atomic E-state index is -0.281. The normalized spacial score (nSPS) is 12.7. The molecule has 1 atom stereocenters. The van der Waals surface area contributed by atoms with Crippen molar-refractivity contribution < 1.29 is 8.81 Å². The molecule has 0 fully saturated rings. The lowest BCUT2D eigenvalue weighted by atomic mass is 9.98. The lowest BCUT2D eigenvalue weighted by Gasteiger charge is -2.19. The monoisotopic (exact) mass is 295 g/mol. The highest BCUT2D eigenvalue weighted by atomic mass is 35.5. The van der Waals surface area contributed by atoms with E-state index in [9.17, 15) is 4.39 Å². The van der Waals surface area contributed by atoms with Gasteiger partial charge in [0.2, 0.25) is 0 Å². The van der Waals surface area contributed by atoms with E-state index in [4.69, 9.17) is 16.0 Å². The summed E-state index contributed by atoms with van der Waals surface area (Å²) in [6, 6.07) is 5.06. The van der Waals surface area contributed by atoms with Crippen molar-refractivity contribution in [2.75, 3.05) is 6.54 Å². The highest BCUT2D eigenvalue weighted by Crippen LogP contribution is 2.31. The topological polar surface area (TPSA) is 25.2 Å². The van der Waals surface area contributed by atoms with Gasteiger partial charge in [0.05, 0.1) is 12.3 Å². The Labute approximate surface area is 123 Å². The van der Waals surface area contributed by atoms with Crippen LogP contribution in [-0.2, 0) is 0 Å². The summed E-state index contributed by atoms with van der Waals surface area (Å²) in [6.45, 7) is 6.59. The second kappa shape index (κ2) is 6.42. The SMILES string of the molecule is CCCNC(c1coc(C)c1)c1cc(C)c(F)cc1Cl. The maximum absolute atomic E-state index is 13.6. The molecule has 0 radical (unpaired) electrons. The number of rotatable bonds is 5. The Bertz CT molecular complexity index is 594. The first-order valence-corrected chi connectivity index (χ1v) is 7.14. The first-order chi connectivity index (χ1) is 9.52. The predicted octanol–water partition coefficient (Wildman–Crippen LogP) is 4.78. The van der Waals surface area contributed by atoms with E-state index in [0.29, 0.717) is 10.6 Å². The third-order valence-electron chi connectivity index (χ3n) is 3.27. The van der Waals surface area contributed by atoms with Crippen molar-refractivity contribution in [1.29, 1.82) is 0 Å². The van der Waals surface area contributed by atoms with Gasteiger partial charge in [-0.2, -0.15) is 0 Å². The molecule has 1 unspecified atom stereocenters. The van der Waals surface area contributed by atoms with Crippen molar-refractivity contribution >= 4 is 11.6 Å². The molecule has 108 valence electrons. The summed E-state index contributed by atoms with van der Waals surface area (Å²) in [5.74, 6) is 0.564. The number of halogens is 2. The van der Waals surface area contributed by atoms with Gasteiger partial charge in [0.15, 0.2) is 0 Å². The highest BCUT2D eigenvalue weighted by Gasteiger charge is 2.19. The molecule has 4 heteroatoms. The Balaban J connectivity index is 2.43. The first-order valence-electron chi connectivity index (χ1n) is 6.77. The van der Waals surface area contributed by atoms with Crippen molar-refractivity contribution in [2.24, 2.45) is 0 Å². The van der Waals surface area contributed by atoms with Crippen LogP contribution in [0, 0.1) is 19.7 Å². The van der Waals surface area contributed by atoms with Crippen LogP contribution >= 0.6 is 11.6 Å². The van der Waals surface area contributed by atoms with Gasteiger partial charge in [0.1, 0.15) is 11.6 Å². The second-order valence-corrected chi connectivity index (χ2v) is 5.41. The maximum Gasteiger partial charge on any atom is 0.127 e. The number of hydrogen-bond donors (Lipinski definition) is 1. The molecule has 2 rings (SSSR count). The average molecular weight is 296 g/mol. The molecule has 0 saturated heterocycles. The molecule has 1 N–H and O–H groups in total. The van der Waals surface area contributed by atoms with Gasteiger partial charge in [0.25, 0.3) is 0 Å². The van der Waals surface area contributed by atoms with E-state index in [1.54, 1.807) is 19.3 Å². The van der Waals surface area contributed by atoms with E-state index < -0.39 is 0 Å². The van der Waals surface area contributed by atoms with Crippen molar-refractivity contribution in [2.45, 2.75) is 33.2 Å². The summed E-state index contributed by atoms with van der Waals surface area (Å²) in [5, 5.41) is 3.87. The molecule has 1 aromatic carbocycles. The minimum Gasteiger partial charge on any atom is -0.469 e. The van der Waals surface area contributed by atoms with Crippen molar-refractivity contribution in [3.63, 3.8) is 0 Å². The summed E-state index contributed by atoms with van der Waals surface area (Å²) in [4.78, 5) is 0. The third kappa shape index (κ3) is 3.22. The van der Waals surface area contributed by atoms with Crippen LogP contribution in [0.25, 0.3) is 0 Å². The Morgan fingerprint density at radius 3 is 2.65 bits per heavy atom. The molecule has 0 aliphatic carbocycles. The fourth-order valence-corrected chi connectivity index (χ4v) is 2.47. The smallest absolute Gasteiger partial charge is 0.127 e.